The molecule has 0 atom stereocenters. The van der Waals surface area contributed by atoms with Gasteiger partial charge in [0.15, 0.2) is 5.69 Å². The molecule has 0 radical (unpaired) electrons. The number of nitrogens with one attached hydrogen (secondary N) is 1. The predicted octanol–water partition coefficient (Wildman–Crippen LogP) is 2.49. The molecule has 1 aromatic heterocycles. The van der Waals surface area contributed by atoms with Gasteiger partial charge >= 0.3 is 0 Å². The van der Waals surface area contributed by atoms with E-state index in [2.05, 4.69) is 10.4 Å². The highest BCUT2D eigenvalue weighted by molar-refractivity contribution is 5.93. The molecule has 0 bridgehead atoms. The van der Waals surface area contributed by atoms with E-state index >= 15 is 0 Å². The standard InChI is InChI=1S/C17H23N3O3/c1-11(2)10-18-17(21)14-9-15(20(3)19-14)13-8-12(22-4)6-7-16(13)23-5/h6-9,11H,10H2,1-5H3,(H,18,21). The molecular weight excluding hydrogens is 294 g/mol. The van der Waals surface area contributed by atoms with E-state index < -0.39 is 0 Å². The quantitative estimate of drug-likeness (QED) is 0.889. The van der Waals surface area contributed by atoms with E-state index in [-0.39, 0.29) is 5.91 Å². The lowest BCUT2D eigenvalue weighted by Crippen LogP contribution is -2.27. The fraction of sp³-hybridized carbons (Fsp3) is 0.412. The van der Waals surface area contributed by atoms with E-state index in [1.54, 1.807) is 32.0 Å². The molecule has 0 saturated heterocycles. The summed E-state index contributed by atoms with van der Waals surface area (Å²) in [5, 5.41) is 7.17. The van der Waals surface area contributed by atoms with Crippen molar-refractivity contribution >= 4 is 5.91 Å². The van der Waals surface area contributed by atoms with Crippen LogP contribution in [0.5, 0.6) is 11.5 Å². The number of hydrogen-bond donors (Lipinski definition) is 1. The predicted molar refractivity (Wildman–Crippen MR) is 88.9 cm³/mol. The second-order valence-corrected chi connectivity index (χ2v) is 5.71. The second kappa shape index (κ2) is 7.17. The maximum absolute atomic E-state index is 12.2. The van der Waals surface area contributed by atoms with Gasteiger partial charge in [-0.1, -0.05) is 13.8 Å². The molecule has 6 nitrogen and oxygen atoms in total. The number of rotatable bonds is 6. The lowest BCUT2D eigenvalue weighted by molar-refractivity contribution is 0.0943. The summed E-state index contributed by atoms with van der Waals surface area (Å²) in [6.45, 7) is 4.71. The van der Waals surface area contributed by atoms with Crippen LogP contribution in [0.2, 0.25) is 0 Å². The van der Waals surface area contributed by atoms with Crippen LogP contribution in [0.25, 0.3) is 11.3 Å². The molecule has 0 aliphatic carbocycles. The highest BCUT2D eigenvalue weighted by Gasteiger charge is 2.17. The number of nitrogens with zero attached hydrogens (tertiary/aromatic N) is 2. The van der Waals surface area contributed by atoms with Crippen molar-refractivity contribution in [3.63, 3.8) is 0 Å². The van der Waals surface area contributed by atoms with Gasteiger partial charge in [0.05, 0.1) is 19.9 Å². The normalized spacial score (nSPS) is 10.7. The average molecular weight is 317 g/mol. The van der Waals surface area contributed by atoms with Gasteiger partial charge < -0.3 is 14.8 Å². The van der Waals surface area contributed by atoms with E-state index in [0.29, 0.717) is 29.7 Å². The van der Waals surface area contributed by atoms with Crippen molar-refractivity contribution in [3.05, 3.63) is 30.0 Å². The first-order valence-corrected chi connectivity index (χ1v) is 7.51. The Balaban J connectivity index is 2.36. The smallest absolute Gasteiger partial charge is 0.271 e. The number of carbonyl (C=O) groups excluding carboxylic acids is 1. The van der Waals surface area contributed by atoms with E-state index in [1.165, 1.54) is 0 Å². The van der Waals surface area contributed by atoms with Gasteiger partial charge in [0.2, 0.25) is 0 Å². The number of ether oxygens (including phenoxy) is 2. The van der Waals surface area contributed by atoms with Crippen LogP contribution in [-0.2, 0) is 7.05 Å². The third kappa shape index (κ3) is 3.83. The number of methoxy groups -OCH3 is 2. The summed E-state index contributed by atoms with van der Waals surface area (Å²) in [4.78, 5) is 12.2. The molecule has 1 aromatic carbocycles. The number of benzene rings is 1. The van der Waals surface area contributed by atoms with E-state index in [4.69, 9.17) is 9.47 Å². The highest BCUT2D eigenvalue weighted by atomic mass is 16.5. The zero-order valence-corrected chi connectivity index (χ0v) is 14.2. The van der Waals surface area contributed by atoms with Gasteiger partial charge in [-0.05, 0) is 30.2 Å². The molecule has 0 aliphatic heterocycles. The monoisotopic (exact) mass is 317 g/mol. The Kier molecular flexibility index (Phi) is 5.26. The highest BCUT2D eigenvalue weighted by Crippen LogP contribution is 2.33. The van der Waals surface area contributed by atoms with Crippen LogP contribution in [0.4, 0.5) is 0 Å². The van der Waals surface area contributed by atoms with Crippen molar-refractivity contribution in [1.82, 2.24) is 15.1 Å². The number of carbonyl (C=O) groups is 1. The van der Waals surface area contributed by atoms with Crippen LogP contribution in [0.3, 0.4) is 0 Å². The minimum Gasteiger partial charge on any atom is -0.497 e. The molecule has 1 amide bonds. The third-order valence-electron chi connectivity index (χ3n) is 3.47. The first kappa shape index (κ1) is 16.9. The van der Waals surface area contributed by atoms with Gasteiger partial charge in [-0.15, -0.1) is 0 Å². The van der Waals surface area contributed by atoms with E-state index in [9.17, 15) is 4.79 Å². The van der Waals surface area contributed by atoms with Crippen LogP contribution in [-0.4, -0.2) is 36.5 Å². The van der Waals surface area contributed by atoms with Crippen molar-refractivity contribution in [3.8, 4) is 22.8 Å². The summed E-state index contributed by atoms with van der Waals surface area (Å²) in [6.07, 6.45) is 0. The van der Waals surface area contributed by atoms with Gasteiger partial charge in [-0.2, -0.15) is 5.10 Å². The Morgan fingerprint density at radius 2 is 2.00 bits per heavy atom. The molecule has 1 N–H and O–H groups in total. The summed E-state index contributed by atoms with van der Waals surface area (Å²) in [5.74, 6) is 1.62. The Morgan fingerprint density at radius 1 is 1.26 bits per heavy atom. The van der Waals surface area contributed by atoms with Gasteiger partial charge in [-0.25, -0.2) is 0 Å². The minimum atomic E-state index is -0.178. The molecule has 0 spiro atoms. The minimum absolute atomic E-state index is 0.178. The van der Waals surface area contributed by atoms with Crippen LogP contribution >= 0.6 is 0 Å². The van der Waals surface area contributed by atoms with Crippen LogP contribution in [0.15, 0.2) is 24.3 Å². The molecule has 0 saturated carbocycles. The molecule has 0 aliphatic rings. The molecular formula is C17H23N3O3. The first-order chi connectivity index (χ1) is 11.0. The first-order valence-electron chi connectivity index (χ1n) is 7.51. The average Bonchev–Trinajstić information content (AvgIpc) is 2.93. The molecule has 2 aromatic rings. The van der Waals surface area contributed by atoms with Gasteiger partial charge in [-0.3, -0.25) is 9.48 Å². The zero-order valence-electron chi connectivity index (χ0n) is 14.2. The second-order valence-electron chi connectivity index (χ2n) is 5.71. The Labute approximate surface area is 136 Å². The lowest BCUT2D eigenvalue weighted by atomic mass is 10.1. The Hall–Kier alpha value is -2.50. The number of aryl methyl sites for hydroxylation is 1. The van der Waals surface area contributed by atoms with E-state index in [1.807, 2.05) is 32.0 Å². The fourth-order valence-corrected chi connectivity index (χ4v) is 2.23. The summed E-state index contributed by atoms with van der Waals surface area (Å²) >= 11 is 0. The van der Waals surface area contributed by atoms with Crippen LogP contribution < -0.4 is 14.8 Å². The molecule has 124 valence electrons. The van der Waals surface area contributed by atoms with Crippen LogP contribution in [0.1, 0.15) is 24.3 Å². The lowest BCUT2D eigenvalue weighted by Gasteiger charge is -2.10. The molecule has 6 heteroatoms. The topological polar surface area (TPSA) is 65.4 Å². The molecule has 0 unspecified atom stereocenters. The third-order valence-corrected chi connectivity index (χ3v) is 3.47. The van der Waals surface area contributed by atoms with Crippen molar-refractivity contribution in [2.24, 2.45) is 13.0 Å². The summed E-state index contributed by atoms with van der Waals surface area (Å²) < 4.78 is 12.3. The van der Waals surface area contributed by atoms with Crippen molar-refractivity contribution in [2.45, 2.75) is 13.8 Å². The number of amides is 1. The van der Waals surface area contributed by atoms with Crippen LogP contribution in [0, 0.1) is 5.92 Å². The Morgan fingerprint density at radius 3 is 2.61 bits per heavy atom. The molecule has 1 heterocycles. The Bertz CT molecular complexity index is 692. The van der Waals surface area contributed by atoms with E-state index in [0.717, 1.165) is 11.3 Å². The summed E-state index contributed by atoms with van der Waals surface area (Å²) in [5.41, 5.74) is 1.99. The van der Waals surface area contributed by atoms with Gasteiger partial charge in [0.25, 0.3) is 5.91 Å². The zero-order chi connectivity index (χ0) is 17.0. The molecule has 2 rings (SSSR count). The maximum Gasteiger partial charge on any atom is 0.271 e. The SMILES string of the molecule is COc1ccc(OC)c(-c2cc(C(=O)NCC(C)C)nn2C)c1. The van der Waals surface area contributed by atoms with Crippen molar-refractivity contribution < 1.29 is 14.3 Å². The van der Waals surface area contributed by atoms with Crippen molar-refractivity contribution in [2.75, 3.05) is 20.8 Å². The maximum atomic E-state index is 12.2. The van der Waals surface area contributed by atoms with Crippen molar-refractivity contribution in [1.29, 1.82) is 0 Å². The van der Waals surface area contributed by atoms with Gasteiger partial charge in [0.1, 0.15) is 11.5 Å². The molecule has 0 fully saturated rings. The summed E-state index contributed by atoms with van der Waals surface area (Å²) in [7, 11) is 5.02. The largest absolute Gasteiger partial charge is 0.497 e. The fourth-order valence-electron chi connectivity index (χ4n) is 2.23. The number of hydrogen-bond acceptors (Lipinski definition) is 4. The summed E-state index contributed by atoms with van der Waals surface area (Å²) in [6, 6.07) is 7.28. The van der Waals surface area contributed by atoms with Gasteiger partial charge in [0, 0.05) is 19.2 Å². The number of aromatic nitrogens is 2. The molecule has 23 heavy (non-hydrogen) atoms.